The molecule has 128 valence electrons. The molecule has 0 saturated carbocycles. The zero-order valence-corrected chi connectivity index (χ0v) is 14.6. The van der Waals surface area contributed by atoms with E-state index in [2.05, 4.69) is 10.4 Å². The monoisotopic (exact) mass is 355 g/mol. The van der Waals surface area contributed by atoms with E-state index in [9.17, 15) is 4.79 Å². The predicted molar refractivity (Wildman–Crippen MR) is 101 cm³/mol. The number of nitrogens with one attached hydrogen (secondary N) is 1. The van der Waals surface area contributed by atoms with E-state index in [1.807, 2.05) is 43.3 Å². The van der Waals surface area contributed by atoms with E-state index < -0.39 is 5.91 Å². The molecule has 8 heteroatoms. The average Bonchev–Trinajstić information content (AvgIpc) is 2.92. The number of fused-ring (bicyclic) bond motifs is 1. The molecule has 0 saturated heterocycles. The quantitative estimate of drug-likeness (QED) is 0.477. The van der Waals surface area contributed by atoms with Crippen LogP contribution in [0.3, 0.4) is 0 Å². The van der Waals surface area contributed by atoms with E-state index in [1.54, 1.807) is 0 Å². The molecule has 0 unspecified atom stereocenters. The lowest BCUT2D eigenvalue weighted by molar-refractivity contribution is 0.0862. The first kappa shape index (κ1) is 16.7. The molecule has 0 aliphatic rings. The van der Waals surface area contributed by atoms with E-state index in [4.69, 9.17) is 28.1 Å². The normalized spacial score (nSPS) is 10.6. The molecule has 0 aliphatic heterocycles. The number of carbonyl (C=O) groups excluding carboxylic acids is 1. The van der Waals surface area contributed by atoms with Crippen molar-refractivity contribution in [2.24, 2.45) is 5.73 Å². The Bertz CT molecular complexity index is 968. The van der Waals surface area contributed by atoms with Crippen LogP contribution >= 0.6 is 12.2 Å². The molecule has 0 bridgehead atoms. The Morgan fingerprint density at radius 1 is 1.32 bits per heavy atom. The Morgan fingerprint density at radius 3 is 2.64 bits per heavy atom. The second-order valence-electron chi connectivity index (χ2n) is 5.55. The van der Waals surface area contributed by atoms with Gasteiger partial charge in [-0.1, -0.05) is 30.3 Å². The number of nitrogen functional groups attached to an aromatic ring is 1. The summed E-state index contributed by atoms with van der Waals surface area (Å²) in [6.07, 6.45) is 0. The van der Waals surface area contributed by atoms with E-state index in [0.29, 0.717) is 11.1 Å². The van der Waals surface area contributed by atoms with Crippen LogP contribution in [-0.4, -0.2) is 28.1 Å². The molecular weight excluding hydrogens is 338 g/mol. The highest BCUT2D eigenvalue weighted by Gasteiger charge is 2.22. The lowest BCUT2D eigenvalue weighted by Crippen LogP contribution is -2.45. The van der Waals surface area contributed by atoms with Crippen molar-refractivity contribution >= 4 is 40.0 Å². The van der Waals surface area contributed by atoms with Gasteiger partial charge in [0, 0.05) is 12.6 Å². The summed E-state index contributed by atoms with van der Waals surface area (Å²) in [5.74, 6) is -0.578. The number of nitrogens with zero attached hydrogens (tertiary/aromatic N) is 2. The lowest BCUT2D eigenvalue weighted by Gasteiger charge is -2.16. The maximum absolute atomic E-state index is 12.3. The van der Waals surface area contributed by atoms with Crippen LogP contribution in [0.15, 0.2) is 40.8 Å². The molecule has 3 rings (SSSR count). The minimum atomic E-state index is -0.550. The number of furan rings is 1. The largest absolute Gasteiger partial charge is 0.430 e. The molecule has 7 nitrogen and oxygen atoms in total. The number of rotatable bonds is 2. The van der Waals surface area contributed by atoms with Crippen LogP contribution in [0.25, 0.3) is 22.4 Å². The summed E-state index contributed by atoms with van der Waals surface area (Å²) in [7, 11) is 1.52. The van der Waals surface area contributed by atoms with Gasteiger partial charge in [0.25, 0.3) is 0 Å². The number of aryl methyl sites for hydroxylation is 1. The van der Waals surface area contributed by atoms with E-state index in [-0.39, 0.29) is 16.6 Å². The maximum Gasteiger partial charge on any atom is 0.307 e. The molecule has 1 amide bonds. The Labute approximate surface area is 149 Å². The van der Waals surface area contributed by atoms with Gasteiger partial charge in [0.1, 0.15) is 0 Å². The maximum atomic E-state index is 12.3. The second-order valence-corrected chi connectivity index (χ2v) is 5.97. The van der Waals surface area contributed by atoms with Crippen molar-refractivity contribution < 1.29 is 9.21 Å². The first-order valence-corrected chi connectivity index (χ1v) is 7.88. The fourth-order valence-corrected chi connectivity index (χ4v) is 2.54. The van der Waals surface area contributed by atoms with Crippen LogP contribution < -0.4 is 16.9 Å². The van der Waals surface area contributed by atoms with Crippen molar-refractivity contribution in [3.05, 3.63) is 47.7 Å². The number of anilines is 1. The fraction of sp³-hybridized carbons (Fsp3) is 0.118. The van der Waals surface area contributed by atoms with Crippen molar-refractivity contribution in [3.63, 3.8) is 0 Å². The fourth-order valence-electron chi connectivity index (χ4n) is 2.49. The van der Waals surface area contributed by atoms with Gasteiger partial charge in [0.2, 0.25) is 11.5 Å². The molecule has 0 radical (unpaired) electrons. The van der Waals surface area contributed by atoms with E-state index in [1.165, 1.54) is 12.1 Å². The van der Waals surface area contributed by atoms with Gasteiger partial charge in [-0.2, -0.15) is 0 Å². The van der Waals surface area contributed by atoms with Gasteiger partial charge < -0.3 is 15.9 Å². The first-order valence-electron chi connectivity index (χ1n) is 7.47. The van der Waals surface area contributed by atoms with Crippen LogP contribution in [0.1, 0.15) is 16.1 Å². The van der Waals surface area contributed by atoms with Crippen LogP contribution in [0.5, 0.6) is 0 Å². The van der Waals surface area contributed by atoms with Gasteiger partial charge in [-0.05, 0) is 30.8 Å². The third-order valence-corrected chi connectivity index (χ3v) is 4.05. The number of nitrogens with two attached hydrogens (primary N) is 2. The summed E-state index contributed by atoms with van der Waals surface area (Å²) in [5.41, 5.74) is 17.1. The summed E-state index contributed by atoms with van der Waals surface area (Å²) >= 11 is 4.79. The van der Waals surface area contributed by atoms with Gasteiger partial charge in [-0.25, -0.2) is 4.98 Å². The summed E-state index contributed by atoms with van der Waals surface area (Å²) in [4.78, 5) is 16.8. The highest BCUT2D eigenvalue weighted by molar-refractivity contribution is 7.80. The number of thiocarbonyl (C=S) groups is 1. The number of hydrazine groups is 1. The van der Waals surface area contributed by atoms with Gasteiger partial charge in [-0.3, -0.25) is 15.2 Å². The first-order chi connectivity index (χ1) is 11.9. The van der Waals surface area contributed by atoms with Gasteiger partial charge in [-0.15, -0.1) is 0 Å². The summed E-state index contributed by atoms with van der Waals surface area (Å²) in [6.45, 7) is 1.89. The third kappa shape index (κ3) is 3.11. The summed E-state index contributed by atoms with van der Waals surface area (Å²) < 4.78 is 5.63. The van der Waals surface area contributed by atoms with Crippen molar-refractivity contribution in [1.29, 1.82) is 0 Å². The van der Waals surface area contributed by atoms with Crippen LogP contribution in [0.4, 0.5) is 5.69 Å². The minimum absolute atomic E-state index is 0.0173. The number of pyridine rings is 1. The average molecular weight is 355 g/mol. The number of hydrogen-bond acceptors (Lipinski definition) is 5. The van der Waals surface area contributed by atoms with Crippen LogP contribution in [0.2, 0.25) is 0 Å². The topological polar surface area (TPSA) is 110 Å². The third-order valence-electron chi connectivity index (χ3n) is 3.77. The Kier molecular flexibility index (Phi) is 4.28. The Hall–Kier alpha value is -3.13. The number of amides is 1. The van der Waals surface area contributed by atoms with Crippen molar-refractivity contribution in [2.45, 2.75) is 6.92 Å². The number of aromatic nitrogens is 1. The molecule has 25 heavy (non-hydrogen) atoms. The van der Waals surface area contributed by atoms with Gasteiger partial charge in [0.15, 0.2) is 5.11 Å². The number of hydrogen-bond donors (Lipinski definition) is 3. The minimum Gasteiger partial charge on any atom is -0.430 e. The van der Waals surface area contributed by atoms with Crippen molar-refractivity contribution in [3.8, 4) is 11.3 Å². The molecule has 2 aromatic heterocycles. The standard InChI is InChI=1S/C17H17N5O2S/c1-9-8-11(10-6-4-3-5-7-10)20-16-12(9)13(18)14(24-16)15(23)21-22(2)17(19)25/h3-8H,18H2,1-2H3,(H2,19,25)(H,21,23). The summed E-state index contributed by atoms with van der Waals surface area (Å²) in [6, 6.07) is 11.6. The molecule has 2 heterocycles. The number of benzene rings is 1. The number of carbonyl (C=O) groups is 1. The molecule has 0 atom stereocenters. The SMILES string of the molecule is Cc1cc(-c2ccccc2)nc2oc(C(=O)NN(C)C(N)=S)c(N)c12. The van der Waals surface area contributed by atoms with Crippen molar-refractivity contribution in [1.82, 2.24) is 15.4 Å². The highest BCUT2D eigenvalue weighted by Crippen LogP contribution is 2.32. The predicted octanol–water partition coefficient (Wildman–Crippen LogP) is 2.21. The Balaban J connectivity index is 2.06. The molecule has 0 fully saturated rings. The highest BCUT2D eigenvalue weighted by atomic mass is 32.1. The van der Waals surface area contributed by atoms with Crippen molar-refractivity contribution in [2.75, 3.05) is 12.8 Å². The van der Waals surface area contributed by atoms with E-state index in [0.717, 1.165) is 16.8 Å². The van der Waals surface area contributed by atoms with Crippen LogP contribution in [-0.2, 0) is 0 Å². The second kappa shape index (κ2) is 6.40. The molecule has 3 aromatic rings. The zero-order chi connectivity index (χ0) is 18.1. The van der Waals surface area contributed by atoms with Gasteiger partial charge in [0.05, 0.1) is 16.8 Å². The molecule has 5 N–H and O–H groups in total. The summed E-state index contributed by atoms with van der Waals surface area (Å²) in [5, 5.41) is 1.84. The zero-order valence-electron chi connectivity index (χ0n) is 13.7. The smallest absolute Gasteiger partial charge is 0.307 e. The lowest BCUT2D eigenvalue weighted by atomic mass is 10.1. The molecule has 0 spiro atoms. The molecular formula is C17H17N5O2S. The van der Waals surface area contributed by atoms with Crippen LogP contribution in [0, 0.1) is 6.92 Å². The van der Waals surface area contributed by atoms with Gasteiger partial charge >= 0.3 is 5.91 Å². The molecule has 0 aliphatic carbocycles. The van der Waals surface area contributed by atoms with E-state index >= 15 is 0 Å². The Morgan fingerprint density at radius 2 is 2.00 bits per heavy atom. The molecule has 1 aromatic carbocycles.